The number of methoxy groups -OCH3 is 1. The first-order valence-corrected chi connectivity index (χ1v) is 10.7. The molecule has 2 aromatic carbocycles. The average Bonchev–Trinajstić information content (AvgIpc) is 2.66. The van der Waals surface area contributed by atoms with E-state index in [1.807, 2.05) is 44.2 Å². The van der Waals surface area contributed by atoms with Gasteiger partial charge in [0.25, 0.3) is 0 Å². The molecule has 0 saturated heterocycles. The highest BCUT2D eigenvalue weighted by atomic mass is 32.2. The van der Waals surface area contributed by atoms with Crippen molar-refractivity contribution in [3.63, 3.8) is 0 Å². The number of carbonyl (C=O) groups is 1. The first-order chi connectivity index (χ1) is 13.2. The third-order valence-corrected chi connectivity index (χ3v) is 5.68. The number of hydrogen-bond donors (Lipinski definition) is 2. The summed E-state index contributed by atoms with van der Waals surface area (Å²) in [6, 6.07) is 13.3. The third kappa shape index (κ3) is 6.07. The predicted molar refractivity (Wildman–Crippen MR) is 110 cm³/mol. The fraction of sp³-hybridized carbons (Fsp3) is 0.381. The maximum Gasteiger partial charge on any atom is 0.244 e. The minimum Gasteiger partial charge on any atom is -0.495 e. The van der Waals surface area contributed by atoms with Crippen molar-refractivity contribution in [2.45, 2.75) is 38.1 Å². The largest absolute Gasteiger partial charge is 0.495 e. The van der Waals surface area contributed by atoms with Gasteiger partial charge < -0.3 is 10.1 Å². The van der Waals surface area contributed by atoms with Gasteiger partial charge in [-0.3, -0.25) is 4.79 Å². The first kappa shape index (κ1) is 21.9. The van der Waals surface area contributed by atoms with Crippen LogP contribution >= 0.6 is 0 Å². The highest BCUT2D eigenvalue weighted by Gasteiger charge is 2.28. The lowest BCUT2D eigenvalue weighted by Crippen LogP contribution is -2.48. The van der Waals surface area contributed by atoms with E-state index in [2.05, 4.69) is 10.0 Å². The Kier molecular flexibility index (Phi) is 7.60. The Balaban J connectivity index is 2.32. The monoisotopic (exact) mass is 404 g/mol. The molecule has 0 aliphatic rings. The number of sulfonamides is 1. The fourth-order valence-electron chi connectivity index (χ4n) is 2.71. The minimum atomic E-state index is -3.96. The Labute approximate surface area is 167 Å². The molecule has 0 saturated carbocycles. The molecule has 2 aromatic rings. The van der Waals surface area contributed by atoms with Crippen LogP contribution in [0.3, 0.4) is 0 Å². The summed E-state index contributed by atoms with van der Waals surface area (Å²) in [7, 11) is -2.55. The van der Waals surface area contributed by atoms with Crippen LogP contribution in [0.15, 0.2) is 53.4 Å². The number of rotatable bonds is 9. The van der Waals surface area contributed by atoms with Gasteiger partial charge in [0.2, 0.25) is 15.9 Å². The van der Waals surface area contributed by atoms with E-state index in [0.717, 1.165) is 11.1 Å². The number of ether oxygens (including phenoxy) is 1. The van der Waals surface area contributed by atoms with E-state index in [1.54, 1.807) is 19.1 Å². The van der Waals surface area contributed by atoms with Crippen molar-refractivity contribution >= 4 is 15.9 Å². The van der Waals surface area contributed by atoms with Crippen molar-refractivity contribution in [3.8, 4) is 5.75 Å². The molecule has 1 atom stereocenters. The van der Waals surface area contributed by atoms with Crippen LogP contribution in [0, 0.1) is 12.8 Å². The van der Waals surface area contributed by atoms with Crippen LogP contribution in [0.25, 0.3) is 0 Å². The molecule has 0 aromatic heterocycles. The molecule has 2 rings (SSSR count). The van der Waals surface area contributed by atoms with Gasteiger partial charge in [-0.15, -0.1) is 0 Å². The van der Waals surface area contributed by atoms with Crippen molar-refractivity contribution in [2.75, 3.05) is 13.7 Å². The van der Waals surface area contributed by atoms with Gasteiger partial charge in [-0.05, 0) is 42.5 Å². The number of benzene rings is 2. The molecule has 0 unspecified atom stereocenters. The summed E-state index contributed by atoms with van der Waals surface area (Å²) in [4.78, 5) is 12.7. The summed E-state index contributed by atoms with van der Waals surface area (Å²) in [6.45, 7) is 6.23. The van der Waals surface area contributed by atoms with Crippen LogP contribution in [-0.2, 0) is 21.2 Å². The van der Waals surface area contributed by atoms with E-state index in [0.29, 0.717) is 6.54 Å². The Morgan fingerprint density at radius 2 is 1.79 bits per heavy atom. The molecular formula is C21H28N2O4S. The van der Waals surface area contributed by atoms with Crippen LogP contribution in [0.5, 0.6) is 5.75 Å². The van der Waals surface area contributed by atoms with Crippen LogP contribution in [-0.4, -0.2) is 34.0 Å². The first-order valence-electron chi connectivity index (χ1n) is 9.21. The number of carbonyl (C=O) groups excluding carboxylic acids is 1. The summed E-state index contributed by atoms with van der Waals surface area (Å²) in [5.41, 5.74) is 1.65. The zero-order chi connectivity index (χ0) is 20.7. The average molecular weight is 405 g/mol. The number of amides is 1. The van der Waals surface area contributed by atoms with Gasteiger partial charge in [-0.2, -0.15) is 4.72 Å². The zero-order valence-corrected chi connectivity index (χ0v) is 17.5. The van der Waals surface area contributed by atoms with Gasteiger partial charge in [-0.25, -0.2) is 8.42 Å². The zero-order valence-electron chi connectivity index (χ0n) is 16.7. The summed E-state index contributed by atoms with van der Waals surface area (Å²) in [5, 5.41) is 2.82. The fourth-order valence-corrected chi connectivity index (χ4v) is 4.16. The molecule has 2 N–H and O–H groups in total. The lowest BCUT2D eigenvalue weighted by Gasteiger charge is -2.20. The van der Waals surface area contributed by atoms with E-state index in [9.17, 15) is 13.2 Å². The molecule has 7 heteroatoms. The van der Waals surface area contributed by atoms with Crippen molar-refractivity contribution in [1.29, 1.82) is 0 Å². The molecule has 28 heavy (non-hydrogen) atoms. The maximum atomic E-state index is 13.0. The van der Waals surface area contributed by atoms with Crippen molar-refractivity contribution in [1.82, 2.24) is 10.0 Å². The molecular weight excluding hydrogens is 376 g/mol. The van der Waals surface area contributed by atoms with Gasteiger partial charge in [0.1, 0.15) is 16.7 Å². The Morgan fingerprint density at radius 3 is 2.39 bits per heavy atom. The van der Waals surface area contributed by atoms with Crippen molar-refractivity contribution in [2.24, 2.45) is 5.92 Å². The standard InChI is InChI=1S/C21H28N2O4S/c1-15(2)14-22-21(24)18(13-17-8-6-5-7-9-17)23-28(25,26)20-12-16(3)10-11-19(20)27-4/h5-12,15,18,23H,13-14H2,1-4H3,(H,22,24)/t18-/m0/s1. The summed E-state index contributed by atoms with van der Waals surface area (Å²) >= 11 is 0. The quantitative estimate of drug-likeness (QED) is 0.673. The van der Waals surface area contributed by atoms with Gasteiger partial charge in [0.05, 0.1) is 7.11 Å². The summed E-state index contributed by atoms with van der Waals surface area (Å²) in [6.07, 6.45) is 0.248. The SMILES string of the molecule is COc1ccc(C)cc1S(=O)(=O)N[C@@H](Cc1ccccc1)C(=O)NCC(C)C. The van der Waals surface area contributed by atoms with E-state index in [4.69, 9.17) is 4.74 Å². The second-order valence-corrected chi connectivity index (χ2v) is 8.84. The van der Waals surface area contributed by atoms with Crippen molar-refractivity contribution in [3.05, 3.63) is 59.7 Å². The Hall–Kier alpha value is -2.38. The Morgan fingerprint density at radius 1 is 1.11 bits per heavy atom. The molecule has 1 amide bonds. The van der Waals surface area contributed by atoms with Gasteiger partial charge in [0.15, 0.2) is 0 Å². The van der Waals surface area contributed by atoms with Gasteiger partial charge >= 0.3 is 0 Å². The van der Waals surface area contributed by atoms with Gasteiger partial charge in [-0.1, -0.05) is 50.2 Å². The molecule has 0 radical (unpaired) electrons. The topological polar surface area (TPSA) is 84.5 Å². The smallest absolute Gasteiger partial charge is 0.244 e. The third-order valence-electron chi connectivity index (χ3n) is 4.19. The molecule has 0 fully saturated rings. The molecule has 152 valence electrons. The lowest BCUT2D eigenvalue weighted by atomic mass is 10.1. The predicted octanol–water partition coefficient (Wildman–Crippen LogP) is 2.67. The van der Waals surface area contributed by atoms with E-state index < -0.39 is 16.1 Å². The van der Waals surface area contributed by atoms with E-state index >= 15 is 0 Å². The second kappa shape index (κ2) is 9.71. The highest BCUT2D eigenvalue weighted by Crippen LogP contribution is 2.25. The van der Waals surface area contributed by atoms with Crippen LogP contribution < -0.4 is 14.8 Å². The molecule has 0 aliphatic heterocycles. The molecule has 0 heterocycles. The maximum absolute atomic E-state index is 13.0. The number of aryl methyl sites for hydroxylation is 1. The minimum absolute atomic E-state index is 0.0183. The van der Waals surface area contributed by atoms with Crippen LogP contribution in [0.2, 0.25) is 0 Å². The number of nitrogens with one attached hydrogen (secondary N) is 2. The molecule has 0 bridgehead atoms. The lowest BCUT2D eigenvalue weighted by molar-refractivity contribution is -0.122. The van der Waals surface area contributed by atoms with Gasteiger partial charge in [0, 0.05) is 6.54 Å². The van der Waals surface area contributed by atoms with Crippen LogP contribution in [0.1, 0.15) is 25.0 Å². The molecule has 6 nitrogen and oxygen atoms in total. The van der Waals surface area contributed by atoms with Crippen molar-refractivity contribution < 1.29 is 17.9 Å². The van der Waals surface area contributed by atoms with Crippen LogP contribution in [0.4, 0.5) is 0 Å². The number of hydrogen-bond acceptors (Lipinski definition) is 4. The normalized spacial score (nSPS) is 12.6. The second-order valence-electron chi connectivity index (χ2n) is 7.16. The molecule has 0 spiro atoms. The summed E-state index contributed by atoms with van der Waals surface area (Å²) in [5.74, 6) is 0.140. The highest BCUT2D eigenvalue weighted by molar-refractivity contribution is 7.89. The van der Waals surface area contributed by atoms with E-state index in [-0.39, 0.29) is 28.9 Å². The Bertz CT molecular complexity index is 896. The summed E-state index contributed by atoms with van der Waals surface area (Å²) < 4.78 is 33.8. The molecule has 0 aliphatic carbocycles. The van der Waals surface area contributed by atoms with E-state index in [1.165, 1.54) is 13.2 Å².